The molecule has 0 heterocycles. The fraction of sp³-hybridized carbons (Fsp3) is 0.933. The van der Waals surface area contributed by atoms with Crippen LogP contribution in [0.3, 0.4) is 0 Å². The zero-order chi connectivity index (χ0) is 12.8. The third-order valence-corrected chi connectivity index (χ3v) is 4.66. The molecule has 3 nitrogen and oxygen atoms in total. The van der Waals surface area contributed by atoms with Crippen molar-refractivity contribution in [2.75, 3.05) is 0 Å². The third kappa shape index (κ3) is 3.98. The van der Waals surface area contributed by atoms with Gasteiger partial charge in [-0.2, -0.15) is 0 Å². The van der Waals surface area contributed by atoms with Crippen molar-refractivity contribution in [3.63, 3.8) is 0 Å². The van der Waals surface area contributed by atoms with Crippen LogP contribution in [-0.4, -0.2) is 23.2 Å². The summed E-state index contributed by atoms with van der Waals surface area (Å²) in [5, 5.41) is 12.9. The minimum atomic E-state index is -0.632. The van der Waals surface area contributed by atoms with E-state index < -0.39 is 5.97 Å². The molecule has 2 aliphatic carbocycles. The molecule has 1 atom stereocenters. The van der Waals surface area contributed by atoms with Crippen LogP contribution < -0.4 is 5.32 Å². The second-order valence-corrected chi connectivity index (χ2v) is 6.07. The number of nitrogens with one attached hydrogen (secondary N) is 1. The monoisotopic (exact) mass is 253 g/mol. The van der Waals surface area contributed by atoms with E-state index in [0.717, 1.165) is 25.7 Å². The van der Waals surface area contributed by atoms with Gasteiger partial charge in [-0.3, -0.25) is 4.79 Å². The highest BCUT2D eigenvalue weighted by atomic mass is 16.4. The lowest BCUT2D eigenvalue weighted by Crippen LogP contribution is -2.48. The zero-order valence-corrected chi connectivity index (χ0v) is 11.4. The van der Waals surface area contributed by atoms with Crippen molar-refractivity contribution in [1.29, 1.82) is 0 Å². The summed E-state index contributed by atoms with van der Waals surface area (Å²) in [5.74, 6) is -0.278. The van der Waals surface area contributed by atoms with Crippen LogP contribution in [0.5, 0.6) is 0 Å². The normalized spacial score (nSPS) is 25.6. The minimum absolute atomic E-state index is 0.300. The molecule has 0 amide bonds. The fourth-order valence-corrected chi connectivity index (χ4v) is 3.58. The van der Waals surface area contributed by atoms with Gasteiger partial charge in [-0.25, -0.2) is 0 Å². The van der Waals surface area contributed by atoms with Gasteiger partial charge >= 0.3 is 5.97 Å². The predicted octanol–water partition coefficient (Wildman–Crippen LogP) is 3.33. The number of carbonyl (C=O) groups is 1. The van der Waals surface area contributed by atoms with Crippen LogP contribution in [0.25, 0.3) is 0 Å². The average Bonchev–Trinajstić information content (AvgIpc) is 2.65. The molecule has 2 fully saturated rings. The van der Waals surface area contributed by atoms with Crippen LogP contribution in [0.15, 0.2) is 0 Å². The van der Waals surface area contributed by atoms with Crippen LogP contribution in [0.4, 0.5) is 0 Å². The van der Waals surface area contributed by atoms with Crippen molar-refractivity contribution in [3.8, 4) is 0 Å². The van der Waals surface area contributed by atoms with Gasteiger partial charge in [0.1, 0.15) is 6.04 Å². The molecule has 3 heteroatoms. The molecule has 0 aromatic heterocycles. The first-order valence-corrected chi connectivity index (χ1v) is 7.76. The van der Waals surface area contributed by atoms with E-state index in [0.29, 0.717) is 12.0 Å². The van der Waals surface area contributed by atoms with Crippen molar-refractivity contribution in [3.05, 3.63) is 0 Å². The first kappa shape index (κ1) is 13.9. The van der Waals surface area contributed by atoms with Crippen molar-refractivity contribution in [2.45, 2.75) is 82.7 Å². The molecule has 1 unspecified atom stereocenters. The quantitative estimate of drug-likeness (QED) is 0.756. The van der Waals surface area contributed by atoms with Gasteiger partial charge in [0.15, 0.2) is 0 Å². The first-order chi connectivity index (χ1) is 8.77. The largest absolute Gasteiger partial charge is 0.480 e. The molecule has 0 aromatic rings. The van der Waals surface area contributed by atoms with E-state index in [1.807, 2.05) is 0 Å². The van der Waals surface area contributed by atoms with E-state index >= 15 is 0 Å². The summed E-state index contributed by atoms with van der Waals surface area (Å²) in [7, 11) is 0. The summed E-state index contributed by atoms with van der Waals surface area (Å²) < 4.78 is 0. The van der Waals surface area contributed by atoms with E-state index in [1.54, 1.807) is 0 Å². The number of carboxylic acids is 1. The highest BCUT2D eigenvalue weighted by Gasteiger charge is 2.30. The molecule has 0 spiro atoms. The lowest BCUT2D eigenvalue weighted by molar-refractivity contribution is -0.141. The van der Waals surface area contributed by atoms with Crippen LogP contribution in [0.2, 0.25) is 0 Å². The predicted molar refractivity (Wildman–Crippen MR) is 72.6 cm³/mol. The Bertz CT molecular complexity index is 253. The SMILES string of the molecule is O=C(O)C(NC1CCCCC1)C1CCCCCC1. The van der Waals surface area contributed by atoms with Crippen LogP contribution >= 0.6 is 0 Å². The summed E-state index contributed by atoms with van der Waals surface area (Å²) in [6.07, 6.45) is 13.3. The molecule has 2 N–H and O–H groups in total. The molecule has 2 saturated carbocycles. The number of carboxylic acid groups (broad SMARTS) is 1. The van der Waals surface area contributed by atoms with Gasteiger partial charge in [-0.05, 0) is 31.6 Å². The van der Waals surface area contributed by atoms with Gasteiger partial charge < -0.3 is 10.4 Å². The summed E-state index contributed by atoms with van der Waals surface area (Å²) in [4.78, 5) is 11.5. The van der Waals surface area contributed by atoms with E-state index in [1.165, 1.54) is 44.9 Å². The van der Waals surface area contributed by atoms with Gasteiger partial charge in [0.25, 0.3) is 0 Å². The highest BCUT2D eigenvalue weighted by Crippen LogP contribution is 2.27. The topological polar surface area (TPSA) is 49.3 Å². The summed E-state index contributed by atoms with van der Waals surface area (Å²) in [6, 6.07) is 0.148. The maximum absolute atomic E-state index is 11.5. The summed E-state index contributed by atoms with van der Waals surface area (Å²) >= 11 is 0. The molecule has 0 aliphatic heterocycles. The van der Waals surface area contributed by atoms with Crippen LogP contribution in [0.1, 0.15) is 70.6 Å². The lowest BCUT2D eigenvalue weighted by Gasteiger charge is -2.30. The Hall–Kier alpha value is -0.570. The maximum Gasteiger partial charge on any atom is 0.320 e. The number of aliphatic carboxylic acids is 1. The van der Waals surface area contributed by atoms with Crippen molar-refractivity contribution in [1.82, 2.24) is 5.32 Å². The van der Waals surface area contributed by atoms with Gasteiger partial charge in [0, 0.05) is 6.04 Å². The molecule has 0 bridgehead atoms. The lowest BCUT2D eigenvalue weighted by atomic mass is 9.89. The number of hydrogen-bond donors (Lipinski definition) is 2. The second-order valence-electron chi connectivity index (χ2n) is 6.07. The van der Waals surface area contributed by atoms with Gasteiger partial charge in [-0.15, -0.1) is 0 Å². The van der Waals surface area contributed by atoms with Crippen LogP contribution in [0, 0.1) is 5.92 Å². The molecule has 0 radical (unpaired) electrons. The van der Waals surface area contributed by atoms with Crippen molar-refractivity contribution in [2.24, 2.45) is 5.92 Å². The summed E-state index contributed by atoms with van der Waals surface area (Å²) in [6.45, 7) is 0. The van der Waals surface area contributed by atoms with Gasteiger partial charge in [0.05, 0.1) is 0 Å². The molecule has 2 aliphatic rings. The van der Waals surface area contributed by atoms with Crippen molar-refractivity contribution >= 4 is 5.97 Å². The average molecular weight is 253 g/mol. The first-order valence-electron chi connectivity index (χ1n) is 7.76. The Labute approximate surface area is 110 Å². The molecule has 0 saturated heterocycles. The summed E-state index contributed by atoms with van der Waals surface area (Å²) in [5.41, 5.74) is 0. The molecule has 18 heavy (non-hydrogen) atoms. The minimum Gasteiger partial charge on any atom is -0.480 e. The maximum atomic E-state index is 11.5. The Morgan fingerprint density at radius 1 is 0.889 bits per heavy atom. The van der Waals surface area contributed by atoms with E-state index in [4.69, 9.17) is 0 Å². The number of rotatable bonds is 4. The van der Waals surface area contributed by atoms with Crippen LogP contribution in [-0.2, 0) is 4.79 Å². The molecular formula is C15H27NO2. The van der Waals surface area contributed by atoms with E-state index in [9.17, 15) is 9.90 Å². The van der Waals surface area contributed by atoms with Crippen molar-refractivity contribution < 1.29 is 9.90 Å². The molecular weight excluding hydrogens is 226 g/mol. The Kier molecular flexibility index (Phi) is 5.48. The molecule has 2 rings (SSSR count). The van der Waals surface area contributed by atoms with Gasteiger partial charge in [0.2, 0.25) is 0 Å². The Balaban J connectivity index is 1.91. The Morgan fingerprint density at radius 2 is 1.39 bits per heavy atom. The highest BCUT2D eigenvalue weighted by molar-refractivity contribution is 5.73. The molecule has 104 valence electrons. The van der Waals surface area contributed by atoms with Gasteiger partial charge in [-0.1, -0.05) is 44.9 Å². The smallest absolute Gasteiger partial charge is 0.320 e. The van der Waals surface area contributed by atoms with E-state index in [-0.39, 0.29) is 6.04 Å². The third-order valence-electron chi connectivity index (χ3n) is 4.66. The Morgan fingerprint density at radius 3 is 1.94 bits per heavy atom. The number of hydrogen-bond acceptors (Lipinski definition) is 2. The fourth-order valence-electron chi connectivity index (χ4n) is 3.58. The zero-order valence-electron chi connectivity index (χ0n) is 11.4. The van der Waals surface area contributed by atoms with E-state index in [2.05, 4.69) is 5.32 Å². The second kappa shape index (κ2) is 7.13. The standard InChI is InChI=1S/C15H27NO2/c17-15(18)14(12-8-4-1-2-5-9-12)16-13-10-6-3-7-11-13/h12-14,16H,1-11H2,(H,17,18). The molecule has 0 aromatic carbocycles.